The second-order valence-electron chi connectivity index (χ2n) is 4.69. The van der Waals surface area contributed by atoms with Gasteiger partial charge in [0.2, 0.25) is 0 Å². The van der Waals surface area contributed by atoms with Crippen molar-refractivity contribution >= 4 is 34.9 Å². The minimum Gasteiger partial charge on any atom is -0.482 e. The van der Waals surface area contributed by atoms with Crippen LogP contribution in [0.4, 0.5) is 5.69 Å². The molecule has 1 heterocycles. The summed E-state index contributed by atoms with van der Waals surface area (Å²) in [5, 5.41) is 11.4. The lowest BCUT2D eigenvalue weighted by Crippen LogP contribution is -2.25. The van der Waals surface area contributed by atoms with Crippen molar-refractivity contribution in [3.8, 4) is 5.75 Å². The molecule has 1 amide bonds. The molecule has 2 rings (SSSR count). The van der Waals surface area contributed by atoms with E-state index in [-0.39, 0.29) is 36.2 Å². The third kappa shape index (κ3) is 3.95. The van der Waals surface area contributed by atoms with Crippen LogP contribution in [0.15, 0.2) is 12.1 Å². The summed E-state index contributed by atoms with van der Waals surface area (Å²) in [6, 6.07) is 3.00. The number of amides is 1. The molecule has 2 N–H and O–H groups in total. The minimum atomic E-state index is -0.876. The fourth-order valence-corrected chi connectivity index (χ4v) is 2.28. The number of benzene rings is 1. The van der Waals surface area contributed by atoms with Crippen LogP contribution in [0.2, 0.25) is 5.02 Å². The van der Waals surface area contributed by atoms with Crippen molar-refractivity contribution in [3.63, 3.8) is 0 Å². The molecule has 0 aromatic heterocycles. The first kappa shape index (κ1) is 15.3. The molecule has 1 aromatic carbocycles. The number of carbonyl (C=O) groups excluding carboxylic acids is 2. The number of ketones is 1. The van der Waals surface area contributed by atoms with Crippen molar-refractivity contribution in [2.24, 2.45) is 0 Å². The van der Waals surface area contributed by atoms with Crippen molar-refractivity contribution < 1.29 is 24.2 Å². The molecule has 1 aliphatic rings. The highest BCUT2D eigenvalue weighted by atomic mass is 35.5. The van der Waals surface area contributed by atoms with Gasteiger partial charge in [-0.15, -0.1) is 0 Å². The van der Waals surface area contributed by atoms with Gasteiger partial charge in [-0.05, 0) is 25.0 Å². The monoisotopic (exact) mass is 311 g/mol. The molecule has 21 heavy (non-hydrogen) atoms. The Morgan fingerprint density at radius 2 is 2.00 bits per heavy atom. The average molecular weight is 312 g/mol. The van der Waals surface area contributed by atoms with Gasteiger partial charge in [0, 0.05) is 18.4 Å². The van der Waals surface area contributed by atoms with E-state index < -0.39 is 5.97 Å². The Balaban J connectivity index is 2.04. The molecule has 112 valence electrons. The molecule has 0 fully saturated rings. The van der Waals surface area contributed by atoms with E-state index in [1.54, 1.807) is 0 Å². The summed E-state index contributed by atoms with van der Waals surface area (Å²) in [5.41, 5.74) is 0.764. The SMILES string of the molecule is O=C(O)CCCCC(=O)c1cc2c(cc1Cl)NC(=O)CO2. The summed E-state index contributed by atoms with van der Waals surface area (Å²) in [4.78, 5) is 33.7. The van der Waals surface area contributed by atoms with Gasteiger partial charge in [-0.3, -0.25) is 14.4 Å². The van der Waals surface area contributed by atoms with Gasteiger partial charge < -0.3 is 15.2 Å². The molecule has 0 bridgehead atoms. The summed E-state index contributed by atoms with van der Waals surface area (Å²) in [6.07, 6.45) is 1.19. The number of carboxylic acid groups (broad SMARTS) is 1. The van der Waals surface area contributed by atoms with Crippen LogP contribution in [-0.4, -0.2) is 29.4 Å². The van der Waals surface area contributed by atoms with Crippen LogP contribution in [0.5, 0.6) is 5.75 Å². The molecule has 0 saturated carbocycles. The number of carbonyl (C=O) groups is 3. The van der Waals surface area contributed by atoms with Gasteiger partial charge in [0.15, 0.2) is 12.4 Å². The lowest BCUT2D eigenvalue weighted by Gasteiger charge is -2.19. The number of carboxylic acids is 1. The molecular formula is C14H14ClNO5. The molecular weight excluding hydrogens is 298 g/mol. The van der Waals surface area contributed by atoms with E-state index in [4.69, 9.17) is 21.4 Å². The fraction of sp³-hybridized carbons (Fsp3) is 0.357. The van der Waals surface area contributed by atoms with E-state index in [0.717, 1.165) is 0 Å². The molecule has 0 radical (unpaired) electrons. The van der Waals surface area contributed by atoms with Gasteiger partial charge in [-0.1, -0.05) is 11.6 Å². The second kappa shape index (κ2) is 6.58. The smallest absolute Gasteiger partial charge is 0.303 e. The van der Waals surface area contributed by atoms with Gasteiger partial charge in [-0.25, -0.2) is 0 Å². The highest BCUT2D eigenvalue weighted by Crippen LogP contribution is 2.34. The van der Waals surface area contributed by atoms with Crippen LogP contribution in [0.25, 0.3) is 0 Å². The molecule has 7 heteroatoms. The third-order valence-corrected chi connectivity index (χ3v) is 3.36. The van der Waals surface area contributed by atoms with Crippen molar-refractivity contribution in [1.82, 2.24) is 0 Å². The van der Waals surface area contributed by atoms with Crippen LogP contribution in [0.3, 0.4) is 0 Å². The number of aliphatic carboxylic acids is 1. The molecule has 0 aliphatic carbocycles. The summed E-state index contributed by atoms with van der Waals surface area (Å²) in [6.45, 7) is -0.0964. The Labute approximate surface area is 126 Å². The molecule has 1 aromatic rings. The van der Waals surface area contributed by atoms with E-state index in [1.807, 2.05) is 0 Å². The lowest BCUT2D eigenvalue weighted by molar-refractivity contribution is -0.137. The van der Waals surface area contributed by atoms with E-state index in [0.29, 0.717) is 29.8 Å². The average Bonchev–Trinajstić information content (AvgIpc) is 2.42. The number of rotatable bonds is 6. The van der Waals surface area contributed by atoms with E-state index in [2.05, 4.69) is 5.32 Å². The summed E-state index contributed by atoms with van der Waals surface area (Å²) in [7, 11) is 0. The Morgan fingerprint density at radius 1 is 1.29 bits per heavy atom. The number of halogens is 1. The molecule has 0 saturated heterocycles. The molecule has 1 aliphatic heterocycles. The number of fused-ring (bicyclic) bond motifs is 1. The quantitative estimate of drug-likeness (QED) is 0.622. The highest BCUT2D eigenvalue weighted by Gasteiger charge is 2.20. The second-order valence-corrected chi connectivity index (χ2v) is 5.10. The number of hydrogen-bond donors (Lipinski definition) is 2. The number of nitrogens with one attached hydrogen (secondary N) is 1. The van der Waals surface area contributed by atoms with Gasteiger partial charge in [-0.2, -0.15) is 0 Å². The predicted octanol–water partition coefficient (Wildman–Crippen LogP) is 2.50. The van der Waals surface area contributed by atoms with Gasteiger partial charge in [0.05, 0.1) is 10.7 Å². The molecule has 0 atom stereocenters. The van der Waals surface area contributed by atoms with Gasteiger partial charge >= 0.3 is 5.97 Å². The van der Waals surface area contributed by atoms with E-state index in [9.17, 15) is 14.4 Å². The number of unbranched alkanes of at least 4 members (excludes halogenated alkanes) is 1. The summed E-state index contributed by atoms with van der Waals surface area (Å²) >= 11 is 6.05. The summed E-state index contributed by atoms with van der Waals surface area (Å²) < 4.78 is 5.24. The van der Waals surface area contributed by atoms with Crippen LogP contribution in [0, 0.1) is 0 Å². The Bertz CT molecular complexity index is 599. The van der Waals surface area contributed by atoms with Crippen molar-refractivity contribution in [1.29, 1.82) is 0 Å². The largest absolute Gasteiger partial charge is 0.482 e. The molecule has 0 spiro atoms. The van der Waals surface area contributed by atoms with Crippen molar-refractivity contribution in [2.75, 3.05) is 11.9 Å². The maximum absolute atomic E-state index is 12.1. The van der Waals surface area contributed by atoms with Gasteiger partial charge in [0.25, 0.3) is 5.91 Å². The number of ether oxygens (including phenoxy) is 1. The fourth-order valence-electron chi connectivity index (χ4n) is 2.01. The van der Waals surface area contributed by atoms with Crippen LogP contribution < -0.4 is 10.1 Å². The van der Waals surface area contributed by atoms with E-state index >= 15 is 0 Å². The van der Waals surface area contributed by atoms with Gasteiger partial charge in [0.1, 0.15) is 5.75 Å². The zero-order valence-corrected chi connectivity index (χ0v) is 11.9. The zero-order valence-electron chi connectivity index (χ0n) is 11.1. The number of hydrogen-bond acceptors (Lipinski definition) is 4. The first-order valence-electron chi connectivity index (χ1n) is 6.48. The normalized spacial score (nSPS) is 13.1. The molecule has 6 nitrogen and oxygen atoms in total. The highest BCUT2D eigenvalue weighted by molar-refractivity contribution is 6.34. The standard InChI is InChI=1S/C14H14ClNO5/c15-9-6-10-12(21-7-13(18)16-10)5-8(9)11(17)3-1-2-4-14(19)20/h5-6H,1-4,7H2,(H,16,18)(H,19,20). The van der Waals surface area contributed by atoms with Crippen LogP contribution in [0.1, 0.15) is 36.0 Å². The minimum absolute atomic E-state index is 0.0420. The Kier molecular flexibility index (Phi) is 4.80. The number of anilines is 1. The Morgan fingerprint density at radius 3 is 2.71 bits per heavy atom. The maximum Gasteiger partial charge on any atom is 0.303 e. The lowest BCUT2D eigenvalue weighted by atomic mass is 10.0. The zero-order chi connectivity index (χ0) is 15.4. The predicted molar refractivity (Wildman–Crippen MR) is 76.0 cm³/mol. The first-order valence-corrected chi connectivity index (χ1v) is 6.86. The topological polar surface area (TPSA) is 92.7 Å². The number of Topliss-reactive ketones (excluding diaryl/α,β-unsaturated/α-hetero) is 1. The van der Waals surface area contributed by atoms with Crippen molar-refractivity contribution in [2.45, 2.75) is 25.7 Å². The third-order valence-electron chi connectivity index (χ3n) is 3.05. The maximum atomic E-state index is 12.1. The van der Waals surface area contributed by atoms with Crippen LogP contribution >= 0.6 is 11.6 Å². The van der Waals surface area contributed by atoms with Crippen LogP contribution in [-0.2, 0) is 9.59 Å². The Hall–Kier alpha value is -2.08. The first-order chi connectivity index (χ1) is 9.97. The van der Waals surface area contributed by atoms with Crippen molar-refractivity contribution in [3.05, 3.63) is 22.7 Å². The summed E-state index contributed by atoms with van der Waals surface area (Å²) in [5.74, 6) is -0.911. The van der Waals surface area contributed by atoms with E-state index in [1.165, 1.54) is 12.1 Å². The molecule has 0 unspecified atom stereocenters.